The Hall–Kier alpha value is -0.660. The molecule has 22 heavy (non-hydrogen) atoms. The minimum atomic E-state index is -3.30. The SMILES string of the molecule is CS(=O)(=O)N1CCCCC1C(=O)NCC1CCN(C2CC2)C1. The van der Waals surface area contributed by atoms with Crippen LogP contribution in [0.2, 0.25) is 0 Å². The van der Waals surface area contributed by atoms with Crippen molar-refractivity contribution in [1.29, 1.82) is 0 Å². The second-order valence-electron chi connectivity index (χ2n) is 7.01. The Morgan fingerprint density at radius 3 is 2.59 bits per heavy atom. The van der Waals surface area contributed by atoms with E-state index in [2.05, 4.69) is 10.2 Å². The Kier molecular flexibility index (Phi) is 4.75. The van der Waals surface area contributed by atoms with Crippen LogP contribution in [-0.4, -0.2) is 68.0 Å². The highest BCUT2D eigenvalue weighted by atomic mass is 32.2. The van der Waals surface area contributed by atoms with Gasteiger partial charge in [-0.3, -0.25) is 4.79 Å². The monoisotopic (exact) mass is 329 g/mol. The predicted octanol–water partition coefficient (Wildman–Crippen LogP) is 0.401. The van der Waals surface area contributed by atoms with Gasteiger partial charge in [0.05, 0.1) is 6.26 Å². The van der Waals surface area contributed by atoms with E-state index in [0.717, 1.165) is 38.4 Å². The van der Waals surface area contributed by atoms with Crippen molar-refractivity contribution < 1.29 is 13.2 Å². The number of nitrogens with one attached hydrogen (secondary N) is 1. The van der Waals surface area contributed by atoms with Crippen LogP contribution in [0.1, 0.15) is 38.5 Å². The van der Waals surface area contributed by atoms with Crippen LogP contribution in [-0.2, 0) is 14.8 Å². The summed E-state index contributed by atoms with van der Waals surface area (Å²) in [4.78, 5) is 14.9. The molecule has 1 saturated carbocycles. The lowest BCUT2D eigenvalue weighted by molar-refractivity contribution is -0.125. The summed E-state index contributed by atoms with van der Waals surface area (Å²) in [5.41, 5.74) is 0. The number of piperidine rings is 1. The van der Waals surface area contributed by atoms with Gasteiger partial charge in [0.1, 0.15) is 6.04 Å². The van der Waals surface area contributed by atoms with E-state index >= 15 is 0 Å². The molecule has 0 aromatic rings. The zero-order valence-electron chi connectivity index (χ0n) is 13.3. The van der Waals surface area contributed by atoms with Crippen molar-refractivity contribution in [2.75, 3.05) is 32.4 Å². The van der Waals surface area contributed by atoms with Gasteiger partial charge in [0.15, 0.2) is 0 Å². The van der Waals surface area contributed by atoms with Crippen LogP contribution in [0.4, 0.5) is 0 Å². The molecule has 1 aliphatic carbocycles. The van der Waals surface area contributed by atoms with Gasteiger partial charge < -0.3 is 10.2 Å². The van der Waals surface area contributed by atoms with E-state index < -0.39 is 16.1 Å². The van der Waals surface area contributed by atoms with Crippen LogP contribution < -0.4 is 5.32 Å². The second kappa shape index (κ2) is 6.45. The summed E-state index contributed by atoms with van der Waals surface area (Å²) in [5, 5.41) is 3.00. The minimum Gasteiger partial charge on any atom is -0.354 e. The van der Waals surface area contributed by atoms with Gasteiger partial charge in [-0.05, 0) is 44.6 Å². The molecule has 7 heteroatoms. The van der Waals surface area contributed by atoms with Gasteiger partial charge in [0.25, 0.3) is 0 Å². The molecule has 3 aliphatic rings. The van der Waals surface area contributed by atoms with Crippen molar-refractivity contribution >= 4 is 15.9 Å². The maximum absolute atomic E-state index is 12.4. The summed E-state index contributed by atoms with van der Waals surface area (Å²) in [6.07, 6.45) is 7.38. The molecule has 0 bridgehead atoms. The Morgan fingerprint density at radius 2 is 1.91 bits per heavy atom. The molecule has 2 saturated heterocycles. The molecule has 2 unspecified atom stereocenters. The Morgan fingerprint density at radius 1 is 1.14 bits per heavy atom. The maximum Gasteiger partial charge on any atom is 0.238 e. The number of carbonyl (C=O) groups is 1. The molecule has 0 radical (unpaired) electrons. The minimum absolute atomic E-state index is 0.116. The van der Waals surface area contributed by atoms with Crippen LogP contribution in [0.3, 0.4) is 0 Å². The lowest BCUT2D eigenvalue weighted by Crippen LogP contribution is -2.52. The molecule has 0 aromatic carbocycles. The fourth-order valence-corrected chi connectivity index (χ4v) is 4.85. The number of nitrogens with zero attached hydrogens (tertiary/aromatic N) is 2. The Labute approximate surface area is 133 Å². The fourth-order valence-electron chi connectivity index (χ4n) is 3.73. The van der Waals surface area contributed by atoms with E-state index in [0.29, 0.717) is 25.4 Å². The summed E-state index contributed by atoms with van der Waals surface area (Å²) in [6, 6.07) is 0.282. The molecule has 3 fully saturated rings. The van der Waals surface area contributed by atoms with Gasteiger partial charge in [0, 0.05) is 25.7 Å². The molecule has 2 heterocycles. The second-order valence-corrected chi connectivity index (χ2v) is 8.95. The van der Waals surface area contributed by atoms with Gasteiger partial charge in [-0.2, -0.15) is 4.31 Å². The van der Waals surface area contributed by atoms with Crippen LogP contribution in [0.15, 0.2) is 0 Å². The van der Waals surface area contributed by atoms with E-state index in [1.165, 1.54) is 23.4 Å². The van der Waals surface area contributed by atoms with E-state index in [4.69, 9.17) is 0 Å². The summed E-state index contributed by atoms with van der Waals surface area (Å²) < 4.78 is 25.0. The lowest BCUT2D eigenvalue weighted by atomic mass is 10.0. The standard InChI is InChI=1S/C15H27N3O3S/c1-22(20,21)18-8-3-2-4-14(18)15(19)16-10-12-7-9-17(11-12)13-5-6-13/h12-14H,2-11H2,1H3,(H,16,19). The van der Waals surface area contributed by atoms with Gasteiger partial charge in [0.2, 0.25) is 15.9 Å². The molecule has 3 rings (SSSR count). The first-order valence-electron chi connectivity index (χ1n) is 8.44. The third kappa shape index (κ3) is 3.81. The van der Waals surface area contributed by atoms with Crippen molar-refractivity contribution in [2.45, 2.75) is 50.6 Å². The average Bonchev–Trinajstić information content (AvgIpc) is 3.23. The number of likely N-dealkylation sites (tertiary alicyclic amines) is 1. The summed E-state index contributed by atoms with van der Waals surface area (Å²) in [6.45, 7) is 3.36. The number of hydrogen-bond donors (Lipinski definition) is 1. The topological polar surface area (TPSA) is 69.7 Å². The summed E-state index contributed by atoms with van der Waals surface area (Å²) in [7, 11) is -3.30. The Balaban J connectivity index is 1.50. The highest BCUT2D eigenvalue weighted by Gasteiger charge is 2.36. The fraction of sp³-hybridized carbons (Fsp3) is 0.933. The van der Waals surface area contributed by atoms with Crippen molar-refractivity contribution in [3.8, 4) is 0 Å². The number of rotatable bonds is 5. The Bertz CT molecular complexity index is 518. The smallest absolute Gasteiger partial charge is 0.238 e. The normalized spacial score (nSPS) is 31.3. The molecular weight excluding hydrogens is 302 g/mol. The lowest BCUT2D eigenvalue weighted by Gasteiger charge is -2.32. The predicted molar refractivity (Wildman–Crippen MR) is 84.9 cm³/mol. The number of carbonyl (C=O) groups excluding carboxylic acids is 1. The zero-order chi connectivity index (χ0) is 15.7. The quantitative estimate of drug-likeness (QED) is 0.793. The van der Waals surface area contributed by atoms with Crippen molar-refractivity contribution in [2.24, 2.45) is 5.92 Å². The molecule has 0 aromatic heterocycles. The first-order chi connectivity index (χ1) is 10.4. The molecule has 2 atom stereocenters. The third-order valence-electron chi connectivity index (χ3n) is 5.13. The first kappa shape index (κ1) is 16.2. The van der Waals surface area contributed by atoms with Gasteiger partial charge in [-0.1, -0.05) is 6.42 Å². The largest absolute Gasteiger partial charge is 0.354 e. The molecule has 126 valence electrons. The maximum atomic E-state index is 12.4. The zero-order valence-corrected chi connectivity index (χ0v) is 14.1. The van der Waals surface area contributed by atoms with Crippen LogP contribution >= 0.6 is 0 Å². The van der Waals surface area contributed by atoms with Crippen LogP contribution in [0, 0.1) is 5.92 Å². The van der Waals surface area contributed by atoms with E-state index in [1.807, 2.05) is 0 Å². The molecule has 1 amide bonds. The summed E-state index contributed by atoms with van der Waals surface area (Å²) >= 11 is 0. The highest BCUT2D eigenvalue weighted by Crippen LogP contribution is 2.31. The van der Waals surface area contributed by atoms with Crippen molar-refractivity contribution in [1.82, 2.24) is 14.5 Å². The van der Waals surface area contributed by atoms with E-state index in [9.17, 15) is 13.2 Å². The molecule has 0 spiro atoms. The van der Waals surface area contributed by atoms with Crippen LogP contribution in [0.5, 0.6) is 0 Å². The molecule has 6 nitrogen and oxygen atoms in total. The first-order valence-corrected chi connectivity index (χ1v) is 10.3. The van der Waals surface area contributed by atoms with E-state index in [-0.39, 0.29) is 5.91 Å². The number of hydrogen-bond acceptors (Lipinski definition) is 4. The van der Waals surface area contributed by atoms with Crippen molar-refractivity contribution in [3.63, 3.8) is 0 Å². The van der Waals surface area contributed by atoms with Gasteiger partial charge in [-0.25, -0.2) is 8.42 Å². The van der Waals surface area contributed by atoms with E-state index in [1.54, 1.807) is 0 Å². The van der Waals surface area contributed by atoms with Crippen molar-refractivity contribution in [3.05, 3.63) is 0 Å². The van der Waals surface area contributed by atoms with Gasteiger partial charge >= 0.3 is 0 Å². The van der Waals surface area contributed by atoms with Crippen LogP contribution in [0.25, 0.3) is 0 Å². The highest BCUT2D eigenvalue weighted by molar-refractivity contribution is 7.88. The third-order valence-corrected chi connectivity index (χ3v) is 6.42. The average molecular weight is 329 g/mol. The molecule has 1 N–H and O–H groups in total. The summed E-state index contributed by atoms with van der Waals surface area (Å²) in [5.74, 6) is 0.398. The molecule has 2 aliphatic heterocycles. The number of sulfonamides is 1. The van der Waals surface area contributed by atoms with Gasteiger partial charge in [-0.15, -0.1) is 0 Å². The number of amides is 1. The molecular formula is C15H27N3O3S.